The number of carbonyl (C=O) groups is 1. The molecule has 2 unspecified atom stereocenters. The zero-order valence-corrected chi connectivity index (χ0v) is 10.5. The Labute approximate surface area is 110 Å². The number of benzene rings is 1. The average Bonchev–Trinajstić information content (AvgIpc) is 2.95. The van der Waals surface area contributed by atoms with Gasteiger partial charge in [0.15, 0.2) is 0 Å². The Morgan fingerprint density at radius 1 is 1.53 bits per heavy atom. The quantitative estimate of drug-likeness (QED) is 0.903. The predicted octanol–water partition coefficient (Wildman–Crippen LogP) is 1.68. The highest BCUT2D eigenvalue weighted by atomic mass is 19.1. The zero-order chi connectivity index (χ0) is 13.4. The van der Waals surface area contributed by atoms with Crippen molar-refractivity contribution in [3.8, 4) is 5.75 Å². The first kappa shape index (κ1) is 12.4. The molecule has 1 saturated heterocycles. The third kappa shape index (κ3) is 2.42. The Morgan fingerprint density at radius 2 is 2.37 bits per heavy atom. The summed E-state index contributed by atoms with van der Waals surface area (Å²) in [6.45, 7) is 1.38. The number of hydrogen-bond acceptors (Lipinski definition) is 3. The van der Waals surface area contributed by atoms with E-state index >= 15 is 0 Å². The highest BCUT2D eigenvalue weighted by molar-refractivity contribution is 5.73. The number of carboxylic acid groups (broad SMARTS) is 1. The van der Waals surface area contributed by atoms with Gasteiger partial charge in [0.05, 0.1) is 0 Å². The number of carboxylic acids is 1. The van der Waals surface area contributed by atoms with Crippen molar-refractivity contribution in [1.82, 2.24) is 4.90 Å². The van der Waals surface area contributed by atoms with E-state index in [-0.39, 0.29) is 11.9 Å². The average molecular weight is 265 g/mol. The van der Waals surface area contributed by atoms with E-state index < -0.39 is 12.0 Å². The van der Waals surface area contributed by atoms with Crippen molar-refractivity contribution < 1.29 is 19.0 Å². The highest BCUT2D eigenvalue weighted by Gasteiger charge is 2.34. The number of hydrogen-bond donors (Lipinski definition) is 1. The molecule has 1 fully saturated rings. The molecule has 0 bridgehead atoms. The molecule has 102 valence electrons. The molecule has 0 aromatic heterocycles. The summed E-state index contributed by atoms with van der Waals surface area (Å²) in [5.74, 6) is -0.302. The van der Waals surface area contributed by atoms with Crippen LogP contribution in [0, 0.1) is 5.82 Å². The summed E-state index contributed by atoms with van der Waals surface area (Å²) in [7, 11) is 0. The summed E-state index contributed by atoms with van der Waals surface area (Å²) < 4.78 is 18.9. The molecular weight excluding hydrogens is 249 g/mol. The summed E-state index contributed by atoms with van der Waals surface area (Å²) in [5.41, 5.74) is 0.871. The van der Waals surface area contributed by atoms with Crippen LogP contribution in [0.15, 0.2) is 18.2 Å². The first-order chi connectivity index (χ1) is 9.13. The van der Waals surface area contributed by atoms with Gasteiger partial charge in [-0.1, -0.05) is 0 Å². The van der Waals surface area contributed by atoms with Gasteiger partial charge in [0.1, 0.15) is 23.7 Å². The van der Waals surface area contributed by atoms with Gasteiger partial charge in [-0.05, 0) is 37.6 Å². The minimum absolute atomic E-state index is 0.0725. The standard InChI is InChI=1S/C14H16FNO3/c15-10-3-4-13-9(6-10)7-11(19-13)8-16-5-1-2-12(16)14(17)18/h3-4,6,11-12H,1-2,5,7-8H2,(H,17,18). The summed E-state index contributed by atoms with van der Waals surface area (Å²) in [5, 5.41) is 9.14. The largest absolute Gasteiger partial charge is 0.488 e. The van der Waals surface area contributed by atoms with Crippen LogP contribution in [0.25, 0.3) is 0 Å². The van der Waals surface area contributed by atoms with Crippen molar-refractivity contribution in [1.29, 1.82) is 0 Å². The smallest absolute Gasteiger partial charge is 0.320 e. The van der Waals surface area contributed by atoms with E-state index in [0.717, 1.165) is 24.3 Å². The van der Waals surface area contributed by atoms with Gasteiger partial charge in [-0.15, -0.1) is 0 Å². The SMILES string of the molecule is O=C(O)C1CCCN1CC1Cc2cc(F)ccc2O1. The fourth-order valence-corrected chi connectivity index (χ4v) is 2.98. The lowest BCUT2D eigenvalue weighted by Crippen LogP contribution is -2.41. The zero-order valence-electron chi connectivity index (χ0n) is 10.5. The van der Waals surface area contributed by atoms with Crippen LogP contribution < -0.4 is 4.74 Å². The summed E-state index contributed by atoms with van der Waals surface area (Å²) in [6, 6.07) is 4.12. The number of aliphatic carboxylic acids is 1. The Balaban J connectivity index is 1.65. The molecule has 0 aliphatic carbocycles. The van der Waals surface area contributed by atoms with E-state index in [4.69, 9.17) is 9.84 Å². The molecule has 0 spiro atoms. The first-order valence-corrected chi connectivity index (χ1v) is 6.55. The molecule has 1 aromatic carbocycles. The Kier molecular flexibility index (Phi) is 3.14. The monoisotopic (exact) mass is 265 g/mol. The molecule has 3 rings (SSSR count). The Hall–Kier alpha value is -1.62. The van der Waals surface area contributed by atoms with Crippen molar-refractivity contribution >= 4 is 5.97 Å². The van der Waals surface area contributed by atoms with E-state index in [1.54, 1.807) is 6.07 Å². The van der Waals surface area contributed by atoms with Gasteiger partial charge in [0.2, 0.25) is 0 Å². The molecular formula is C14H16FNO3. The summed E-state index contributed by atoms with van der Waals surface area (Å²) >= 11 is 0. The maximum Gasteiger partial charge on any atom is 0.320 e. The normalized spacial score (nSPS) is 26.2. The van der Waals surface area contributed by atoms with Gasteiger partial charge in [-0.2, -0.15) is 0 Å². The van der Waals surface area contributed by atoms with Crippen molar-refractivity contribution in [3.05, 3.63) is 29.6 Å². The van der Waals surface area contributed by atoms with Gasteiger partial charge in [-0.3, -0.25) is 9.69 Å². The number of ether oxygens (including phenoxy) is 1. The third-order valence-corrected chi connectivity index (χ3v) is 3.85. The topological polar surface area (TPSA) is 49.8 Å². The van der Waals surface area contributed by atoms with Crippen LogP contribution in [0.3, 0.4) is 0 Å². The second kappa shape index (κ2) is 4.81. The van der Waals surface area contributed by atoms with Gasteiger partial charge in [0, 0.05) is 18.5 Å². The minimum Gasteiger partial charge on any atom is -0.488 e. The van der Waals surface area contributed by atoms with Crippen LogP contribution in [0.1, 0.15) is 18.4 Å². The molecule has 0 saturated carbocycles. The fourth-order valence-electron chi connectivity index (χ4n) is 2.98. The lowest BCUT2D eigenvalue weighted by atomic mass is 10.1. The van der Waals surface area contributed by atoms with Crippen molar-refractivity contribution in [2.45, 2.75) is 31.4 Å². The maximum absolute atomic E-state index is 13.1. The number of fused-ring (bicyclic) bond motifs is 1. The molecule has 5 heteroatoms. The van der Waals surface area contributed by atoms with Crippen LogP contribution in [-0.4, -0.2) is 41.2 Å². The second-order valence-corrected chi connectivity index (χ2v) is 5.19. The lowest BCUT2D eigenvalue weighted by molar-refractivity contribution is -0.142. The molecule has 4 nitrogen and oxygen atoms in total. The molecule has 2 aliphatic heterocycles. The summed E-state index contributed by atoms with van der Waals surface area (Å²) in [4.78, 5) is 13.1. The van der Waals surface area contributed by atoms with Crippen LogP contribution >= 0.6 is 0 Å². The van der Waals surface area contributed by atoms with E-state index in [9.17, 15) is 9.18 Å². The number of halogens is 1. The second-order valence-electron chi connectivity index (χ2n) is 5.19. The lowest BCUT2D eigenvalue weighted by Gasteiger charge is -2.24. The van der Waals surface area contributed by atoms with E-state index in [1.165, 1.54) is 12.1 Å². The number of likely N-dealkylation sites (tertiary alicyclic amines) is 1. The number of rotatable bonds is 3. The van der Waals surface area contributed by atoms with Crippen LogP contribution in [-0.2, 0) is 11.2 Å². The van der Waals surface area contributed by atoms with E-state index in [2.05, 4.69) is 0 Å². The van der Waals surface area contributed by atoms with Gasteiger partial charge < -0.3 is 9.84 Å². The summed E-state index contributed by atoms with van der Waals surface area (Å²) in [6.07, 6.45) is 2.18. The van der Waals surface area contributed by atoms with Gasteiger partial charge in [-0.25, -0.2) is 4.39 Å². The highest BCUT2D eigenvalue weighted by Crippen LogP contribution is 2.30. The van der Waals surface area contributed by atoms with Crippen LogP contribution in [0.2, 0.25) is 0 Å². The van der Waals surface area contributed by atoms with Crippen molar-refractivity contribution in [2.75, 3.05) is 13.1 Å². The molecule has 2 atom stereocenters. The van der Waals surface area contributed by atoms with Crippen molar-refractivity contribution in [2.24, 2.45) is 0 Å². The minimum atomic E-state index is -0.765. The molecule has 0 radical (unpaired) electrons. The molecule has 2 heterocycles. The van der Waals surface area contributed by atoms with Gasteiger partial charge >= 0.3 is 5.97 Å². The predicted molar refractivity (Wildman–Crippen MR) is 66.8 cm³/mol. The van der Waals surface area contributed by atoms with Crippen molar-refractivity contribution in [3.63, 3.8) is 0 Å². The molecule has 1 aromatic rings. The molecule has 19 heavy (non-hydrogen) atoms. The molecule has 1 N–H and O–H groups in total. The first-order valence-electron chi connectivity index (χ1n) is 6.55. The molecule has 0 amide bonds. The van der Waals surface area contributed by atoms with E-state index in [1.807, 2.05) is 4.90 Å². The van der Waals surface area contributed by atoms with Crippen LogP contribution in [0.4, 0.5) is 4.39 Å². The Morgan fingerprint density at radius 3 is 3.16 bits per heavy atom. The Bertz CT molecular complexity index is 505. The van der Waals surface area contributed by atoms with Crippen LogP contribution in [0.5, 0.6) is 5.75 Å². The molecule has 2 aliphatic rings. The number of nitrogens with zero attached hydrogens (tertiary/aromatic N) is 1. The van der Waals surface area contributed by atoms with Gasteiger partial charge in [0.25, 0.3) is 0 Å². The third-order valence-electron chi connectivity index (χ3n) is 3.85. The van der Waals surface area contributed by atoms with E-state index in [0.29, 0.717) is 19.4 Å². The fraction of sp³-hybridized carbons (Fsp3) is 0.500. The maximum atomic E-state index is 13.1.